The quantitative estimate of drug-likeness (QED) is 0.0620. The lowest BCUT2D eigenvalue weighted by molar-refractivity contribution is -0.385. The van der Waals surface area contributed by atoms with Crippen molar-refractivity contribution in [1.82, 2.24) is 9.80 Å². The Morgan fingerprint density at radius 2 is 1.41 bits per heavy atom. The van der Waals surface area contributed by atoms with Gasteiger partial charge in [0.05, 0.1) is 49.4 Å². The molecule has 18 nitrogen and oxygen atoms in total. The van der Waals surface area contributed by atoms with Crippen LogP contribution in [0.5, 0.6) is 17.2 Å². The van der Waals surface area contributed by atoms with Gasteiger partial charge < -0.3 is 28.0 Å². The Morgan fingerprint density at radius 1 is 0.852 bits per heavy atom. The van der Waals surface area contributed by atoms with Crippen LogP contribution in [-0.2, 0) is 23.8 Å². The van der Waals surface area contributed by atoms with E-state index in [4.69, 9.17) is 14.2 Å². The van der Waals surface area contributed by atoms with Gasteiger partial charge in [-0.1, -0.05) is 5.57 Å². The molecule has 0 fully saturated rings. The fourth-order valence-corrected chi connectivity index (χ4v) is 6.09. The predicted molar refractivity (Wildman–Crippen MR) is 178 cm³/mol. The molecule has 2 heterocycles. The van der Waals surface area contributed by atoms with Crippen LogP contribution in [0, 0.1) is 27.2 Å². The van der Waals surface area contributed by atoms with Gasteiger partial charge in [-0.25, -0.2) is 4.79 Å². The molecule has 2 aliphatic rings. The summed E-state index contributed by atoms with van der Waals surface area (Å²) in [5.74, 6) is -4.02. The van der Waals surface area contributed by atoms with Gasteiger partial charge in [-0.2, -0.15) is 21.6 Å². The van der Waals surface area contributed by atoms with Crippen LogP contribution in [0.4, 0.5) is 24.5 Å². The zero-order valence-corrected chi connectivity index (χ0v) is 30.0. The summed E-state index contributed by atoms with van der Waals surface area (Å²) in [6.07, 6.45) is 2.03. The predicted octanol–water partition coefficient (Wildman–Crippen LogP) is 4.90. The van der Waals surface area contributed by atoms with Crippen LogP contribution in [0.15, 0.2) is 48.0 Å². The molecular weight excluding hydrogens is 753 g/mol. The number of carbonyl (C=O) groups is 3. The molecule has 54 heavy (non-hydrogen) atoms. The third-order valence-corrected chi connectivity index (χ3v) is 9.14. The highest BCUT2D eigenvalue weighted by molar-refractivity contribution is 7.87. The normalized spacial score (nSPS) is 17.0. The number of methoxy groups -OCH3 is 2. The second kappa shape index (κ2) is 16.0. The fraction of sp³-hybridized carbons (Fsp3) is 0.406. The topological polar surface area (TPSA) is 224 Å². The number of benzene rings is 2. The number of halogens is 3. The van der Waals surface area contributed by atoms with Crippen LogP contribution in [0.1, 0.15) is 59.4 Å². The number of alkyl halides is 3. The molecule has 0 saturated heterocycles. The van der Waals surface area contributed by atoms with Crippen molar-refractivity contribution < 1.29 is 68.9 Å². The average molecular weight is 787 g/mol. The molecule has 0 spiro atoms. The van der Waals surface area contributed by atoms with Gasteiger partial charge in [0.15, 0.2) is 11.5 Å². The van der Waals surface area contributed by atoms with Gasteiger partial charge >= 0.3 is 21.6 Å². The van der Waals surface area contributed by atoms with Crippen LogP contribution in [0.25, 0.3) is 0 Å². The summed E-state index contributed by atoms with van der Waals surface area (Å²) in [5.41, 5.74) is -6.87. The van der Waals surface area contributed by atoms with E-state index in [2.05, 4.69) is 8.92 Å². The van der Waals surface area contributed by atoms with E-state index in [0.29, 0.717) is 17.5 Å². The number of ether oxygens (including phenoxy) is 4. The average Bonchev–Trinajstić information content (AvgIpc) is 3.67. The smallest absolute Gasteiger partial charge is 0.493 e. The Morgan fingerprint density at radius 3 is 1.93 bits per heavy atom. The minimum atomic E-state index is -6.17. The molecule has 0 saturated carbocycles. The Kier molecular flexibility index (Phi) is 12.1. The Labute approximate surface area is 305 Å². The van der Waals surface area contributed by atoms with Gasteiger partial charge in [-0.3, -0.25) is 34.7 Å². The van der Waals surface area contributed by atoms with Crippen molar-refractivity contribution in [2.75, 3.05) is 27.4 Å². The van der Waals surface area contributed by atoms with Crippen molar-refractivity contribution in [2.24, 2.45) is 0 Å². The van der Waals surface area contributed by atoms with Gasteiger partial charge in [0.25, 0.3) is 23.2 Å². The first-order chi connectivity index (χ1) is 25.2. The highest BCUT2D eigenvalue weighted by Gasteiger charge is 2.50. The SMILES string of the molecule is COC(=O)[C@@H]1CC(OS(=O)(=O)C(F)(F)F)=CN1C(=O)c1cc(C)c(OCCCOc2cc([N+](=O)[O-])c(C(=O)N3C=C(C)C[C@H]3C)cc2OC)cc1[N+](=O)[O-]. The second-order valence-electron chi connectivity index (χ2n) is 12.0. The lowest BCUT2D eigenvalue weighted by atomic mass is 10.1. The number of carbonyl (C=O) groups excluding carboxylic acids is 3. The number of aryl methyl sites for hydroxylation is 1. The van der Waals surface area contributed by atoms with Crippen molar-refractivity contribution in [1.29, 1.82) is 0 Å². The number of rotatable bonds is 14. The van der Waals surface area contributed by atoms with Gasteiger partial charge in [0, 0.05) is 37.3 Å². The van der Waals surface area contributed by atoms with Gasteiger partial charge in [-0.05, 0) is 38.8 Å². The minimum absolute atomic E-state index is 0.0394. The Bertz CT molecular complexity index is 2050. The standard InChI is InChI=1S/C32H33F3N4O14S/c1-17-9-19(3)36(15-17)29(40)22-12-27(49-4)28(14-24(22)39(45)46)52-8-6-7-51-26-13-23(38(43)44)21(10-18(26)2)30(41)37-16-20(11-25(37)31(42)50-5)53-54(47,48)32(33,34)35/h10,12-16,19,25H,6-9,11H2,1-5H3/t19-,25+/m1/s1. The highest BCUT2D eigenvalue weighted by atomic mass is 32.2. The van der Waals surface area contributed by atoms with E-state index in [1.165, 1.54) is 25.0 Å². The molecule has 0 bridgehead atoms. The Balaban J connectivity index is 1.49. The molecule has 2 aromatic carbocycles. The van der Waals surface area contributed by atoms with E-state index in [1.807, 2.05) is 13.8 Å². The molecule has 2 aliphatic heterocycles. The number of nitro benzene ring substituents is 2. The maximum atomic E-state index is 13.5. The zero-order chi connectivity index (χ0) is 40.3. The number of esters is 1. The number of amides is 2. The summed E-state index contributed by atoms with van der Waals surface area (Å²) in [7, 11) is -3.99. The molecule has 0 aliphatic carbocycles. The van der Waals surface area contributed by atoms with Crippen molar-refractivity contribution in [3.63, 3.8) is 0 Å². The molecule has 0 unspecified atom stereocenters. The summed E-state index contributed by atoms with van der Waals surface area (Å²) in [4.78, 5) is 63.2. The first-order valence-corrected chi connectivity index (χ1v) is 17.1. The summed E-state index contributed by atoms with van der Waals surface area (Å²) >= 11 is 0. The molecule has 0 radical (unpaired) electrons. The van der Waals surface area contributed by atoms with Crippen molar-refractivity contribution in [3.05, 3.63) is 84.9 Å². The monoisotopic (exact) mass is 786 g/mol. The van der Waals surface area contributed by atoms with E-state index >= 15 is 0 Å². The van der Waals surface area contributed by atoms with E-state index < -0.39 is 78.4 Å². The van der Waals surface area contributed by atoms with Crippen LogP contribution < -0.4 is 14.2 Å². The number of nitrogens with zero attached hydrogens (tertiary/aromatic N) is 4. The molecule has 22 heteroatoms. The first-order valence-electron chi connectivity index (χ1n) is 15.7. The van der Waals surface area contributed by atoms with Crippen LogP contribution >= 0.6 is 0 Å². The summed E-state index contributed by atoms with van der Waals surface area (Å²) in [5, 5.41) is 23.9. The summed E-state index contributed by atoms with van der Waals surface area (Å²) in [6.45, 7) is 4.84. The molecule has 0 aromatic heterocycles. The van der Waals surface area contributed by atoms with E-state index in [9.17, 15) is 56.2 Å². The fourth-order valence-electron chi connectivity index (χ4n) is 5.60. The molecule has 4 rings (SSSR count). The zero-order valence-electron chi connectivity index (χ0n) is 29.2. The number of hydrogen-bond acceptors (Lipinski definition) is 14. The largest absolute Gasteiger partial charge is 0.534 e. The second-order valence-corrected chi connectivity index (χ2v) is 13.5. The molecular formula is C32H33F3N4O14S. The maximum absolute atomic E-state index is 13.5. The van der Waals surface area contributed by atoms with Crippen molar-refractivity contribution in [3.8, 4) is 17.2 Å². The minimum Gasteiger partial charge on any atom is -0.493 e. The molecule has 2 atom stereocenters. The van der Waals surface area contributed by atoms with Crippen molar-refractivity contribution in [2.45, 2.75) is 57.6 Å². The van der Waals surface area contributed by atoms with Crippen LogP contribution in [0.2, 0.25) is 0 Å². The maximum Gasteiger partial charge on any atom is 0.534 e. The van der Waals surface area contributed by atoms with Crippen LogP contribution in [-0.4, -0.2) is 90.9 Å². The molecule has 2 amide bonds. The highest BCUT2D eigenvalue weighted by Crippen LogP contribution is 2.38. The van der Waals surface area contributed by atoms with E-state index in [0.717, 1.165) is 30.9 Å². The third kappa shape index (κ3) is 8.64. The van der Waals surface area contributed by atoms with E-state index in [-0.39, 0.29) is 54.1 Å². The molecule has 0 N–H and O–H groups in total. The van der Waals surface area contributed by atoms with Gasteiger partial charge in [0.2, 0.25) is 0 Å². The van der Waals surface area contributed by atoms with Crippen LogP contribution in [0.3, 0.4) is 0 Å². The van der Waals surface area contributed by atoms with Gasteiger partial charge in [0.1, 0.15) is 28.7 Å². The van der Waals surface area contributed by atoms with Gasteiger partial charge in [-0.15, -0.1) is 0 Å². The summed E-state index contributed by atoms with van der Waals surface area (Å²) < 4.78 is 87.0. The third-order valence-electron chi connectivity index (χ3n) is 8.14. The lowest BCUT2D eigenvalue weighted by Gasteiger charge is -2.21. The number of hydrogen-bond donors (Lipinski definition) is 0. The lowest BCUT2D eigenvalue weighted by Crippen LogP contribution is -2.39. The first kappa shape index (κ1) is 40.8. The summed E-state index contributed by atoms with van der Waals surface area (Å²) in [6, 6.07) is 2.30. The van der Waals surface area contributed by atoms with Crippen molar-refractivity contribution >= 4 is 39.3 Å². The molecule has 292 valence electrons. The number of nitro groups is 2. The van der Waals surface area contributed by atoms with E-state index in [1.54, 1.807) is 6.20 Å². The molecule has 2 aromatic rings. The Hall–Kier alpha value is -5.93.